The van der Waals surface area contributed by atoms with Crippen LogP contribution in [0.1, 0.15) is 20.9 Å². The van der Waals surface area contributed by atoms with Crippen LogP contribution in [0.5, 0.6) is 0 Å². The number of hydrogen-bond donors (Lipinski definition) is 1. The molecule has 1 aromatic heterocycles. The van der Waals surface area contributed by atoms with Crippen LogP contribution in [0.3, 0.4) is 0 Å². The van der Waals surface area contributed by atoms with Gasteiger partial charge in [0.25, 0.3) is 5.91 Å². The molecule has 0 aliphatic rings. The monoisotopic (exact) mass is 250 g/mol. The molecule has 0 fully saturated rings. The van der Waals surface area contributed by atoms with E-state index >= 15 is 0 Å². The lowest BCUT2D eigenvalue weighted by Crippen LogP contribution is -2.23. The number of halogens is 1. The topological polar surface area (TPSA) is 42.0 Å². The minimum absolute atomic E-state index is 0.201. The van der Waals surface area contributed by atoms with Gasteiger partial charge in [0.05, 0.1) is 5.51 Å². The van der Waals surface area contributed by atoms with Crippen LogP contribution in [0.15, 0.2) is 29.8 Å². The Morgan fingerprint density at radius 1 is 1.41 bits per heavy atom. The fourth-order valence-corrected chi connectivity index (χ4v) is 1.96. The van der Waals surface area contributed by atoms with Gasteiger partial charge in [-0.1, -0.05) is 12.1 Å². The minimum Gasteiger partial charge on any atom is -0.347 e. The summed E-state index contributed by atoms with van der Waals surface area (Å²) in [4.78, 5) is 16.6. The molecule has 0 radical (unpaired) electrons. The summed E-state index contributed by atoms with van der Waals surface area (Å²) in [6.07, 6.45) is 0. The molecule has 0 saturated carbocycles. The second-order valence-corrected chi connectivity index (χ2v) is 4.63. The van der Waals surface area contributed by atoms with Crippen LogP contribution in [0.4, 0.5) is 4.39 Å². The molecule has 2 rings (SSSR count). The van der Waals surface area contributed by atoms with Crippen molar-refractivity contribution in [2.45, 2.75) is 13.5 Å². The number of thiazole rings is 1. The third kappa shape index (κ3) is 2.88. The number of benzene rings is 1. The van der Waals surface area contributed by atoms with Gasteiger partial charge in [-0.25, -0.2) is 9.37 Å². The second-order valence-electron chi connectivity index (χ2n) is 3.57. The predicted molar refractivity (Wildman–Crippen MR) is 64.4 cm³/mol. The maximum atomic E-state index is 12.7. The Balaban J connectivity index is 1.97. The summed E-state index contributed by atoms with van der Waals surface area (Å²) >= 11 is 1.43. The van der Waals surface area contributed by atoms with Crippen molar-refractivity contribution < 1.29 is 9.18 Å². The molecule has 0 bridgehead atoms. The van der Waals surface area contributed by atoms with Gasteiger partial charge in [0.2, 0.25) is 0 Å². The number of nitrogens with one attached hydrogen (secondary N) is 1. The molecule has 88 valence electrons. The SMILES string of the molecule is Cc1scnc1C(=O)NCc1ccc(F)cc1. The Morgan fingerprint density at radius 2 is 2.12 bits per heavy atom. The minimum atomic E-state index is -0.282. The molecule has 0 spiro atoms. The van der Waals surface area contributed by atoms with Crippen LogP contribution in [0, 0.1) is 12.7 Å². The normalized spacial score (nSPS) is 10.2. The zero-order valence-electron chi connectivity index (χ0n) is 9.24. The molecular weight excluding hydrogens is 239 g/mol. The van der Waals surface area contributed by atoms with E-state index in [4.69, 9.17) is 0 Å². The number of rotatable bonds is 3. The summed E-state index contributed by atoms with van der Waals surface area (Å²) in [5.41, 5.74) is 2.95. The van der Waals surface area contributed by atoms with Gasteiger partial charge in [0, 0.05) is 11.4 Å². The summed E-state index contributed by atoms with van der Waals surface area (Å²) in [6.45, 7) is 2.22. The highest BCUT2D eigenvalue weighted by Crippen LogP contribution is 2.11. The van der Waals surface area contributed by atoms with Gasteiger partial charge < -0.3 is 5.32 Å². The smallest absolute Gasteiger partial charge is 0.271 e. The van der Waals surface area contributed by atoms with Gasteiger partial charge in [0.1, 0.15) is 11.5 Å². The highest BCUT2D eigenvalue weighted by molar-refractivity contribution is 7.09. The molecule has 0 unspecified atom stereocenters. The highest BCUT2D eigenvalue weighted by atomic mass is 32.1. The van der Waals surface area contributed by atoms with Gasteiger partial charge in [-0.05, 0) is 24.6 Å². The van der Waals surface area contributed by atoms with Crippen LogP contribution in [0.25, 0.3) is 0 Å². The molecule has 1 aromatic carbocycles. The maximum absolute atomic E-state index is 12.7. The fourth-order valence-electron chi connectivity index (χ4n) is 1.39. The van der Waals surface area contributed by atoms with Crippen molar-refractivity contribution in [2.75, 3.05) is 0 Å². The summed E-state index contributed by atoms with van der Waals surface area (Å²) in [5, 5.41) is 2.74. The first-order valence-corrected chi connectivity index (χ1v) is 5.97. The standard InChI is InChI=1S/C12H11FN2OS/c1-8-11(15-7-17-8)12(16)14-6-9-2-4-10(13)5-3-9/h2-5,7H,6H2,1H3,(H,14,16). The zero-order chi connectivity index (χ0) is 12.3. The average Bonchev–Trinajstić information content (AvgIpc) is 2.74. The highest BCUT2D eigenvalue weighted by Gasteiger charge is 2.10. The quantitative estimate of drug-likeness (QED) is 0.909. The summed E-state index contributed by atoms with van der Waals surface area (Å²) < 4.78 is 12.7. The van der Waals surface area contributed by atoms with E-state index in [9.17, 15) is 9.18 Å². The van der Waals surface area contributed by atoms with Crippen LogP contribution >= 0.6 is 11.3 Å². The number of carbonyl (C=O) groups excluding carboxylic acids is 1. The van der Waals surface area contributed by atoms with E-state index in [2.05, 4.69) is 10.3 Å². The van der Waals surface area contributed by atoms with Gasteiger partial charge in [-0.15, -0.1) is 11.3 Å². The van der Waals surface area contributed by atoms with E-state index < -0.39 is 0 Å². The van der Waals surface area contributed by atoms with Crippen molar-refractivity contribution in [3.05, 3.63) is 51.7 Å². The zero-order valence-corrected chi connectivity index (χ0v) is 10.1. The molecule has 1 amide bonds. The lowest BCUT2D eigenvalue weighted by molar-refractivity contribution is 0.0946. The first-order chi connectivity index (χ1) is 8.16. The number of hydrogen-bond acceptors (Lipinski definition) is 3. The number of aryl methyl sites for hydroxylation is 1. The van der Waals surface area contributed by atoms with E-state index in [1.807, 2.05) is 6.92 Å². The number of amides is 1. The van der Waals surface area contributed by atoms with Crippen molar-refractivity contribution in [3.8, 4) is 0 Å². The van der Waals surface area contributed by atoms with Crippen molar-refractivity contribution in [2.24, 2.45) is 0 Å². The third-order valence-corrected chi connectivity index (χ3v) is 3.08. The number of carbonyl (C=O) groups is 1. The van der Waals surface area contributed by atoms with Crippen LogP contribution in [-0.4, -0.2) is 10.9 Å². The Kier molecular flexibility index (Phi) is 3.49. The largest absolute Gasteiger partial charge is 0.347 e. The van der Waals surface area contributed by atoms with E-state index in [0.29, 0.717) is 12.2 Å². The molecule has 2 aromatic rings. The van der Waals surface area contributed by atoms with Crippen molar-refractivity contribution >= 4 is 17.2 Å². The molecule has 17 heavy (non-hydrogen) atoms. The second kappa shape index (κ2) is 5.05. The van der Waals surface area contributed by atoms with Crippen molar-refractivity contribution in [1.29, 1.82) is 0 Å². The molecule has 1 heterocycles. The van der Waals surface area contributed by atoms with Crippen molar-refractivity contribution in [3.63, 3.8) is 0 Å². The van der Waals surface area contributed by atoms with E-state index in [1.165, 1.54) is 23.5 Å². The summed E-state index contributed by atoms with van der Waals surface area (Å²) in [6, 6.07) is 6.03. The lowest BCUT2D eigenvalue weighted by atomic mass is 10.2. The summed E-state index contributed by atoms with van der Waals surface area (Å²) in [7, 11) is 0. The Labute approximate surface area is 102 Å². The van der Waals surface area contributed by atoms with Gasteiger partial charge in [-0.3, -0.25) is 4.79 Å². The molecule has 0 saturated heterocycles. The van der Waals surface area contributed by atoms with Gasteiger partial charge >= 0.3 is 0 Å². The molecule has 3 nitrogen and oxygen atoms in total. The molecule has 5 heteroatoms. The Morgan fingerprint density at radius 3 is 2.71 bits per heavy atom. The van der Waals surface area contributed by atoms with E-state index in [0.717, 1.165) is 10.4 Å². The van der Waals surface area contributed by atoms with Crippen LogP contribution in [-0.2, 0) is 6.54 Å². The lowest BCUT2D eigenvalue weighted by Gasteiger charge is -2.04. The van der Waals surface area contributed by atoms with Gasteiger partial charge in [0.15, 0.2) is 0 Å². The number of aromatic nitrogens is 1. The summed E-state index contributed by atoms with van der Waals surface area (Å²) in [5.74, 6) is -0.483. The fraction of sp³-hybridized carbons (Fsp3) is 0.167. The average molecular weight is 250 g/mol. The first kappa shape index (κ1) is 11.7. The molecule has 0 aliphatic heterocycles. The van der Waals surface area contributed by atoms with Crippen LogP contribution < -0.4 is 5.32 Å². The van der Waals surface area contributed by atoms with Gasteiger partial charge in [-0.2, -0.15) is 0 Å². The molecular formula is C12H11FN2OS. The number of nitrogens with zero attached hydrogens (tertiary/aromatic N) is 1. The van der Waals surface area contributed by atoms with Crippen LogP contribution in [0.2, 0.25) is 0 Å². The molecule has 0 aliphatic carbocycles. The van der Waals surface area contributed by atoms with Crippen molar-refractivity contribution in [1.82, 2.24) is 10.3 Å². The third-order valence-electron chi connectivity index (χ3n) is 2.33. The predicted octanol–water partition coefficient (Wildman–Crippen LogP) is 2.52. The molecule has 1 N–H and O–H groups in total. The first-order valence-electron chi connectivity index (χ1n) is 5.09. The Bertz CT molecular complexity index is 522. The maximum Gasteiger partial charge on any atom is 0.271 e. The van der Waals surface area contributed by atoms with E-state index in [1.54, 1.807) is 17.6 Å². The Hall–Kier alpha value is -1.75. The molecule has 0 atom stereocenters. The van der Waals surface area contributed by atoms with E-state index in [-0.39, 0.29) is 11.7 Å².